The van der Waals surface area contributed by atoms with E-state index >= 15 is 0 Å². The van der Waals surface area contributed by atoms with E-state index in [9.17, 15) is 31.1 Å². The van der Waals surface area contributed by atoms with E-state index in [2.05, 4.69) is 10.3 Å². The number of hydrogen-bond donors (Lipinski definition) is 1. The quantitative estimate of drug-likeness (QED) is 0.472. The number of carbonyl (C=O) groups excluding carboxylic acids is 1. The van der Waals surface area contributed by atoms with Crippen molar-refractivity contribution < 1.29 is 31.1 Å². The fraction of sp³-hybridized carbons (Fsp3) is 0.273. The van der Waals surface area contributed by atoms with Gasteiger partial charge in [-0.3, -0.25) is 9.36 Å². The maximum Gasteiger partial charge on any atom is 0.416 e. The highest BCUT2D eigenvalue weighted by Crippen LogP contribution is 2.38. The standard InChI is InChI=1S/C22H19F6N3O/c1-3-13(2)30-20(32)19-11-29-12-31(19)18-6-4-14(5-7-18)15-8-16(21(23,24)25)10-17(9-15)22(26,27)28/h4-13H,3H2,1-2H3,(H,30,32)/t13-/m0/s1. The molecular weight excluding hydrogens is 436 g/mol. The van der Waals surface area contributed by atoms with Crippen LogP contribution in [0, 0.1) is 0 Å². The number of hydrogen-bond acceptors (Lipinski definition) is 2. The van der Waals surface area contributed by atoms with Crippen LogP contribution in [0.2, 0.25) is 0 Å². The van der Waals surface area contributed by atoms with Gasteiger partial charge in [0.2, 0.25) is 0 Å². The summed E-state index contributed by atoms with van der Waals surface area (Å²) in [5.74, 6) is -0.353. The Kier molecular flexibility index (Phi) is 6.34. The van der Waals surface area contributed by atoms with Crippen molar-refractivity contribution >= 4 is 5.91 Å². The van der Waals surface area contributed by atoms with Crippen LogP contribution in [0.3, 0.4) is 0 Å². The minimum absolute atomic E-state index is 0.0584. The first-order chi connectivity index (χ1) is 14.9. The lowest BCUT2D eigenvalue weighted by atomic mass is 9.99. The van der Waals surface area contributed by atoms with Gasteiger partial charge < -0.3 is 5.32 Å². The highest BCUT2D eigenvalue weighted by atomic mass is 19.4. The molecule has 0 radical (unpaired) electrons. The van der Waals surface area contributed by atoms with Crippen molar-refractivity contribution in [2.45, 2.75) is 38.7 Å². The molecule has 0 spiro atoms. The van der Waals surface area contributed by atoms with Crippen molar-refractivity contribution in [2.75, 3.05) is 0 Å². The summed E-state index contributed by atoms with van der Waals surface area (Å²) in [5.41, 5.74) is -2.11. The highest BCUT2D eigenvalue weighted by molar-refractivity contribution is 5.93. The molecule has 0 aliphatic carbocycles. The molecule has 4 nitrogen and oxygen atoms in total. The third kappa shape index (κ3) is 5.12. The fourth-order valence-corrected chi connectivity index (χ4v) is 3.00. The van der Waals surface area contributed by atoms with Crippen LogP contribution in [0.1, 0.15) is 41.9 Å². The number of benzene rings is 2. The predicted octanol–water partition coefficient (Wildman–Crippen LogP) is 6.11. The number of rotatable bonds is 5. The van der Waals surface area contributed by atoms with Gasteiger partial charge >= 0.3 is 12.4 Å². The second-order valence-corrected chi connectivity index (χ2v) is 7.27. The van der Waals surface area contributed by atoms with Crippen molar-refractivity contribution in [2.24, 2.45) is 0 Å². The predicted molar refractivity (Wildman–Crippen MR) is 106 cm³/mol. The van der Waals surface area contributed by atoms with E-state index in [0.717, 1.165) is 6.42 Å². The van der Waals surface area contributed by atoms with Gasteiger partial charge in [-0.2, -0.15) is 26.3 Å². The van der Waals surface area contributed by atoms with Crippen LogP contribution < -0.4 is 5.32 Å². The van der Waals surface area contributed by atoms with Crippen molar-refractivity contribution in [3.63, 3.8) is 0 Å². The summed E-state index contributed by atoms with van der Waals surface area (Å²) in [4.78, 5) is 16.4. The lowest BCUT2D eigenvalue weighted by molar-refractivity contribution is -0.143. The number of carbonyl (C=O) groups is 1. The average molecular weight is 455 g/mol. The Hall–Kier alpha value is -3.30. The number of alkyl halides is 6. The normalized spacial score (nSPS) is 13.1. The van der Waals surface area contributed by atoms with E-state index < -0.39 is 23.5 Å². The highest BCUT2D eigenvalue weighted by Gasteiger charge is 2.37. The van der Waals surface area contributed by atoms with Crippen molar-refractivity contribution in [3.05, 3.63) is 71.8 Å². The molecule has 0 unspecified atom stereocenters. The second kappa shape index (κ2) is 8.68. The number of imidazole rings is 1. The van der Waals surface area contributed by atoms with Crippen molar-refractivity contribution in [3.8, 4) is 16.8 Å². The van der Waals surface area contributed by atoms with E-state index in [1.807, 2.05) is 13.8 Å². The largest absolute Gasteiger partial charge is 0.416 e. The van der Waals surface area contributed by atoms with E-state index in [0.29, 0.717) is 17.8 Å². The number of halogens is 6. The minimum atomic E-state index is -4.93. The van der Waals surface area contributed by atoms with Crippen LogP contribution >= 0.6 is 0 Å². The van der Waals surface area contributed by atoms with E-state index in [-0.39, 0.29) is 34.8 Å². The molecule has 0 fully saturated rings. The zero-order chi connectivity index (χ0) is 23.7. The number of nitrogens with zero attached hydrogens (tertiary/aromatic N) is 2. The summed E-state index contributed by atoms with van der Waals surface area (Å²) in [5, 5.41) is 2.81. The summed E-state index contributed by atoms with van der Waals surface area (Å²) in [6, 6.07) is 7.14. The van der Waals surface area contributed by atoms with Crippen LogP contribution in [0.5, 0.6) is 0 Å². The number of amides is 1. The molecule has 2 aromatic carbocycles. The molecule has 1 amide bonds. The van der Waals surface area contributed by atoms with Gasteiger partial charge in [0.05, 0.1) is 23.7 Å². The molecule has 0 saturated heterocycles. The first kappa shape index (κ1) is 23.4. The van der Waals surface area contributed by atoms with Crippen LogP contribution in [0.4, 0.5) is 26.3 Å². The molecule has 0 aliphatic rings. The van der Waals surface area contributed by atoms with E-state index in [1.165, 1.54) is 41.4 Å². The zero-order valence-electron chi connectivity index (χ0n) is 17.1. The van der Waals surface area contributed by atoms with Gasteiger partial charge in [-0.1, -0.05) is 19.1 Å². The average Bonchev–Trinajstić information content (AvgIpc) is 3.22. The zero-order valence-corrected chi connectivity index (χ0v) is 17.1. The summed E-state index contributed by atoms with van der Waals surface area (Å²) >= 11 is 0. The summed E-state index contributed by atoms with van der Waals surface area (Å²) in [6.07, 6.45) is -6.36. The Labute approximate surface area is 179 Å². The molecule has 3 rings (SSSR count). The Balaban J connectivity index is 1.97. The molecule has 10 heteroatoms. The first-order valence-corrected chi connectivity index (χ1v) is 9.63. The maximum atomic E-state index is 13.1. The van der Waals surface area contributed by atoms with Gasteiger partial charge in [0.25, 0.3) is 5.91 Å². The van der Waals surface area contributed by atoms with Crippen LogP contribution in [-0.4, -0.2) is 21.5 Å². The molecule has 1 N–H and O–H groups in total. The molecular formula is C22H19F6N3O. The Bertz CT molecular complexity index is 1070. The topological polar surface area (TPSA) is 46.9 Å². The molecule has 170 valence electrons. The SMILES string of the molecule is CC[C@H](C)NC(=O)c1cncn1-c1ccc(-c2cc(C(F)(F)F)cc(C(F)(F)F)c2)cc1. The van der Waals surface area contributed by atoms with Gasteiger partial charge in [-0.25, -0.2) is 4.98 Å². The maximum absolute atomic E-state index is 13.1. The van der Waals surface area contributed by atoms with Gasteiger partial charge in [-0.15, -0.1) is 0 Å². The molecule has 0 bridgehead atoms. The molecule has 1 aromatic heterocycles. The lowest BCUT2D eigenvalue weighted by Gasteiger charge is -2.15. The van der Waals surface area contributed by atoms with Gasteiger partial charge in [0.1, 0.15) is 5.69 Å². The molecule has 3 aromatic rings. The van der Waals surface area contributed by atoms with Crippen molar-refractivity contribution in [1.82, 2.24) is 14.9 Å². The monoisotopic (exact) mass is 455 g/mol. The third-order valence-corrected chi connectivity index (χ3v) is 4.93. The van der Waals surface area contributed by atoms with Crippen LogP contribution in [0.25, 0.3) is 16.8 Å². The lowest BCUT2D eigenvalue weighted by Crippen LogP contribution is -2.33. The third-order valence-electron chi connectivity index (χ3n) is 4.93. The number of nitrogens with one attached hydrogen (secondary N) is 1. The second-order valence-electron chi connectivity index (χ2n) is 7.27. The van der Waals surface area contributed by atoms with Gasteiger partial charge in [0.15, 0.2) is 0 Å². The summed E-state index contributed by atoms with van der Waals surface area (Å²) < 4.78 is 80.2. The first-order valence-electron chi connectivity index (χ1n) is 9.63. The molecule has 0 saturated carbocycles. The Morgan fingerprint density at radius 3 is 2.03 bits per heavy atom. The summed E-state index contributed by atoms with van der Waals surface area (Å²) in [6.45, 7) is 3.76. The minimum Gasteiger partial charge on any atom is -0.348 e. The van der Waals surface area contributed by atoms with Crippen molar-refractivity contribution in [1.29, 1.82) is 0 Å². The molecule has 1 atom stereocenters. The Morgan fingerprint density at radius 2 is 1.53 bits per heavy atom. The van der Waals surface area contributed by atoms with E-state index in [1.54, 1.807) is 0 Å². The van der Waals surface area contributed by atoms with Gasteiger partial charge in [0, 0.05) is 11.7 Å². The van der Waals surface area contributed by atoms with E-state index in [4.69, 9.17) is 0 Å². The molecule has 32 heavy (non-hydrogen) atoms. The smallest absolute Gasteiger partial charge is 0.348 e. The fourth-order valence-electron chi connectivity index (χ4n) is 3.00. The Morgan fingerprint density at radius 1 is 0.969 bits per heavy atom. The van der Waals surface area contributed by atoms with Crippen LogP contribution in [0.15, 0.2) is 55.0 Å². The molecule has 1 heterocycles. The number of aromatic nitrogens is 2. The van der Waals surface area contributed by atoms with Gasteiger partial charge in [-0.05, 0) is 54.8 Å². The van der Waals surface area contributed by atoms with Crippen LogP contribution in [-0.2, 0) is 12.4 Å². The summed E-state index contributed by atoms with van der Waals surface area (Å²) in [7, 11) is 0. The molecule has 0 aliphatic heterocycles.